The largest absolute Gasteiger partial charge is 0.494 e. The number of methoxy groups -OCH3 is 1. The van der Waals surface area contributed by atoms with Gasteiger partial charge in [0, 0.05) is 36.9 Å². The minimum atomic E-state index is -3.01. The van der Waals surface area contributed by atoms with Crippen molar-refractivity contribution in [2.45, 2.75) is 69.3 Å². The lowest BCUT2D eigenvalue weighted by atomic mass is 10.1. The average Bonchev–Trinajstić information content (AvgIpc) is 3.25. The van der Waals surface area contributed by atoms with Crippen molar-refractivity contribution in [3.05, 3.63) is 41.6 Å². The van der Waals surface area contributed by atoms with Crippen LogP contribution in [0, 0.1) is 11.8 Å². The van der Waals surface area contributed by atoms with Gasteiger partial charge in [-0.2, -0.15) is 0 Å². The van der Waals surface area contributed by atoms with Crippen LogP contribution < -0.4 is 15.8 Å². The minimum absolute atomic E-state index is 0.0424. The zero-order valence-electron chi connectivity index (χ0n) is 26.0. The number of ether oxygens (including phenoxy) is 2. The van der Waals surface area contributed by atoms with Crippen molar-refractivity contribution in [3.63, 3.8) is 0 Å². The van der Waals surface area contributed by atoms with E-state index < -0.39 is 12.5 Å². The molecule has 8 rings (SSSR count). The molecule has 0 unspecified atom stereocenters. The van der Waals surface area contributed by atoms with Gasteiger partial charge in [0.25, 0.3) is 11.8 Å². The molecule has 6 atom stereocenters. The molecule has 4 aliphatic rings. The van der Waals surface area contributed by atoms with Crippen molar-refractivity contribution in [1.82, 2.24) is 29.3 Å². The van der Waals surface area contributed by atoms with Crippen molar-refractivity contribution < 1.29 is 27.8 Å². The molecule has 3 fully saturated rings. The number of hydrogen-bond acceptors (Lipinski definition) is 7. The van der Waals surface area contributed by atoms with Gasteiger partial charge in [-0.05, 0) is 62.4 Å². The van der Waals surface area contributed by atoms with Gasteiger partial charge < -0.3 is 34.6 Å². The molecule has 242 valence electrons. The minimum Gasteiger partial charge on any atom is -0.494 e. The first-order chi connectivity index (χ1) is 22.0. The van der Waals surface area contributed by atoms with Gasteiger partial charge in [0.2, 0.25) is 5.91 Å². The number of nitrogens with zero attached hydrogens (tertiary/aromatic N) is 5. The standard InChI is InChI=1S/C33H37F2N7O4/c1-16-21-7-6-18-11-23(42(29(18)38-21)15-33(34,35)8-4-5-17-9-20(17)31(43)37-16)30-39-22-10-19(12-25(45-3)28(22)40(30)2)32(44)41-13-26-27(36)24(41)14-46-26/h6-7,10-12,16-17,20,24,26-27H,4-5,8-9,13-15,36H2,1-3H3,(H,37,43)/t16-,17-,20-,24-,26-,27+/m1/s1. The molecule has 3 aliphatic heterocycles. The normalized spacial score (nSPS) is 28.8. The van der Waals surface area contributed by atoms with Gasteiger partial charge in [-0.15, -0.1) is 0 Å². The zero-order valence-corrected chi connectivity index (χ0v) is 26.0. The van der Waals surface area contributed by atoms with E-state index >= 15 is 8.78 Å². The van der Waals surface area contributed by atoms with Crippen molar-refractivity contribution in [2.24, 2.45) is 24.6 Å². The smallest absolute Gasteiger partial charge is 0.265 e. The number of aromatic nitrogens is 4. The van der Waals surface area contributed by atoms with Crippen LogP contribution in [0.2, 0.25) is 0 Å². The van der Waals surface area contributed by atoms with Crippen molar-refractivity contribution >= 4 is 33.9 Å². The van der Waals surface area contributed by atoms with E-state index in [0.29, 0.717) is 76.6 Å². The lowest BCUT2D eigenvalue weighted by Crippen LogP contribution is -2.43. The molecule has 13 heteroatoms. The van der Waals surface area contributed by atoms with Gasteiger partial charge in [0.05, 0.1) is 61.4 Å². The highest BCUT2D eigenvalue weighted by Gasteiger charge is 2.48. The highest BCUT2D eigenvalue weighted by molar-refractivity contribution is 6.00. The Morgan fingerprint density at radius 2 is 2.04 bits per heavy atom. The number of carbonyl (C=O) groups excluding carboxylic acids is 2. The van der Waals surface area contributed by atoms with E-state index in [1.54, 1.807) is 28.6 Å². The molecule has 4 aromatic rings. The number of pyridine rings is 1. The van der Waals surface area contributed by atoms with Gasteiger partial charge in [-0.25, -0.2) is 18.7 Å². The fourth-order valence-electron chi connectivity index (χ4n) is 7.66. The number of morpholine rings is 1. The van der Waals surface area contributed by atoms with E-state index in [2.05, 4.69) is 5.32 Å². The summed E-state index contributed by atoms with van der Waals surface area (Å²) in [7, 11) is 3.33. The Hall–Kier alpha value is -4.10. The quantitative estimate of drug-likeness (QED) is 0.351. The molecule has 6 heterocycles. The molecule has 2 amide bonds. The molecular formula is C33H37F2N7O4. The third-order valence-corrected chi connectivity index (χ3v) is 10.4. The molecular weight excluding hydrogens is 596 g/mol. The highest BCUT2D eigenvalue weighted by Crippen LogP contribution is 2.44. The van der Waals surface area contributed by atoms with Gasteiger partial charge in [-0.1, -0.05) is 0 Å². The Kier molecular flexibility index (Phi) is 6.67. The monoisotopic (exact) mass is 633 g/mol. The number of benzene rings is 1. The van der Waals surface area contributed by atoms with Crippen LogP contribution in [0.4, 0.5) is 8.78 Å². The summed E-state index contributed by atoms with van der Waals surface area (Å²) in [6.45, 7) is 2.12. The van der Waals surface area contributed by atoms with E-state index in [0.717, 1.165) is 6.42 Å². The second-order valence-corrected chi connectivity index (χ2v) is 13.4. The summed E-state index contributed by atoms with van der Waals surface area (Å²) < 4.78 is 46.2. The third-order valence-electron chi connectivity index (χ3n) is 10.4. The summed E-state index contributed by atoms with van der Waals surface area (Å²) in [4.78, 5) is 38.0. The Bertz CT molecular complexity index is 1900. The molecule has 3 N–H and O–H groups in total. The van der Waals surface area contributed by atoms with Crippen molar-refractivity contribution in [1.29, 1.82) is 0 Å². The molecule has 0 radical (unpaired) electrons. The molecule has 2 saturated heterocycles. The van der Waals surface area contributed by atoms with Crippen LogP contribution in [-0.4, -0.2) is 80.2 Å². The number of nitrogens with two attached hydrogens (primary N) is 1. The molecule has 46 heavy (non-hydrogen) atoms. The highest BCUT2D eigenvalue weighted by atomic mass is 19.3. The maximum absolute atomic E-state index is 15.7. The number of halogens is 2. The van der Waals surface area contributed by atoms with Crippen LogP contribution in [-0.2, 0) is 23.1 Å². The molecule has 1 saturated carbocycles. The number of likely N-dealkylation sites (tertiary alicyclic amines) is 1. The Morgan fingerprint density at radius 3 is 2.78 bits per heavy atom. The summed E-state index contributed by atoms with van der Waals surface area (Å²) >= 11 is 0. The number of rotatable bonds is 3. The molecule has 4 bridgehead atoms. The number of amides is 2. The number of imidazole rings is 1. The Balaban J connectivity index is 1.23. The maximum Gasteiger partial charge on any atom is 0.265 e. The number of nitrogens with one attached hydrogen (secondary N) is 1. The van der Waals surface area contributed by atoms with E-state index in [4.69, 9.17) is 25.2 Å². The Morgan fingerprint density at radius 1 is 1.22 bits per heavy atom. The second kappa shape index (κ2) is 10.5. The van der Waals surface area contributed by atoms with E-state index in [1.165, 1.54) is 7.11 Å². The fraction of sp³-hybridized carbons (Fsp3) is 0.515. The van der Waals surface area contributed by atoms with Crippen molar-refractivity contribution in [3.8, 4) is 17.3 Å². The maximum atomic E-state index is 15.7. The van der Waals surface area contributed by atoms with Crippen LogP contribution in [0.25, 0.3) is 33.6 Å². The van der Waals surface area contributed by atoms with Crippen LogP contribution in [0.1, 0.15) is 54.7 Å². The van der Waals surface area contributed by atoms with Gasteiger partial charge in [0.15, 0.2) is 5.82 Å². The number of hydrogen-bond donors (Lipinski definition) is 2. The van der Waals surface area contributed by atoms with Crippen molar-refractivity contribution in [2.75, 3.05) is 20.3 Å². The van der Waals surface area contributed by atoms with Gasteiger partial charge >= 0.3 is 0 Å². The molecule has 0 spiro atoms. The van der Waals surface area contributed by atoms with Gasteiger partial charge in [0.1, 0.15) is 16.9 Å². The number of fused-ring (bicyclic) bond motifs is 5. The fourth-order valence-corrected chi connectivity index (χ4v) is 7.66. The SMILES string of the molecule is COc1cc(C(=O)N2C[C@H]3OC[C@@H]2[C@@H]3N)cc2nc(-c3cc4ccc5nc4n3CC(F)(F)CCC[C@@H]3C[C@H]3C(=O)N[C@@H]5C)n(C)c12. The first-order valence-electron chi connectivity index (χ1n) is 15.9. The van der Waals surface area contributed by atoms with Gasteiger partial charge in [-0.3, -0.25) is 9.59 Å². The van der Waals surface area contributed by atoms with Crippen LogP contribution in [0.3, 0.4) is 0 Å². The number of aryl methyl sites for hydroxylation is 1. The first-order valence-corrected chi connectivity index (χ1v) is 15.9. The topological polar surface area (TPSA) is 130 Å². The number of carbonyl (C=O) groups is 2. The zero-order chi connectivity index (χ0) is 32.1. The Labute approximate surface area is 264 Å². The first kappa shape index (κ1) is 29.3. The number of alkyl halides is 2. The lowest BCUT2D eigenvalue weighted by molar-refractivity contribution is -0.123. The van der Waals surface area contributed by atoms with E-state index in [-0.39, 0.29) is 54.3 Å². The van der Waals surface area contributed by atoms with Crippen LogP contribution >= 0.6 is 0 Å². The molecule has 1 aromatic carbocycles. The summed E-state index contributed by atoms with van der Waals surface area (Å²) in [5.74, 6) is -2.32. The molecule has 3 aromatic heterocycles. The lowest BCUT2D eigenvalue weighted by Gasteiger charge is -2.27. The van der Waals surface area contributed by atoms with Crippen LogP contribution in [0.15, 0.2) is 30.3 Å². The predicted octanol–water partition coefficient (Wildman–Crippen LogP) is 3.78. The summed E-state index contributed by atoms with van der Waals surface area (Å²) in [6.07, 6.45) is 1.21. The molecule has 11 nitrogen and oxygen atoms in total. The van der Waals surface area contributed by atoms with E-state index in [9.17, 15) is 9.59 Å². The summed E-state index contributed by atoms with van der Waals surface area (Å²) in [6, 6.07) is 8.11. The summed E-state index contributed by atoms with van der Waals surface area (Å²) in [5, 5.41) is 3.75. The summed E-state index contributed by atoms with van der Waals surface area (Å²) in [5.41, 5.74) is 9.26. The van der Waals surface area contributed by atoms with E-state index in [1.807, 2.05) is 29.7 Å². The third kappa shape index (κ3) is 4.65. The molecule has 1 aliphatic carbocycles. The second-order valence-electron chi connectivity index (χ2n) is 13.4. The average molecular weight is 634 g/mol. The predicted molar refractivity (Wildman–Crippen MR) is 165 cm³/mol. The van der Waals surface area contributed by atoms with Crippen LogP contribution in [0.5, 0.6) is 5.75 Å².